The van der Waals surface area contributed by atoms with Crippen LogP contribution < -0.4 is 27.4 Å². The Labute approximate surface area is 206 Å². The highest BCUT2D eigenvalue weighted by Crippen LogP contribution is 2.10. The maximum atomic E-state index is 13.1. The van der Waals surface area contributed by atoms with Gasteiger partial charge in [-0.15, -0.1) is 0 Å². The van der Waals surface area contributed by atoms with E-state index in [0.29, 0.717) is 12.1 Å². The van der Waals surface area contributed by atoms with Gasteiger partial charge in [-0.3, -0.25) is 24.0 Å². The van der Waals surface area contributed by atoms with Crippen molar-refractivity contribution >= 4 is 35.6 Å². The van der Waals surface area contributed by atoms with Crippen molar-refractivity contribution in [2.45, 2.75) is 70.1 Å². The van der Waals surface area contributed by atoms with Crippen LogP contribution in [0.4, 0.5) is 0 Å². The lowest BCUT2D eigenvalue weighted by atomic mass is 9.97. The molecule has 0 fully saturated rings. The van der Waals surface area contributed by atoms with Gasteiger partial charge in [0.15, 0.2) is 0 Å². The number of aromatic amines is 1. The second-order valence-corrected chi connectivity index (χ2v) is 8.32. The average molecular weight is 512 g/mol. The smallest absolute Gasteiger partial charge is 0.326 e. The molecule has 0 bridgehead atoms. The van der Waals surface area contributed by atoms with E-state index in [1.54, 1.807) is 13.8 Å². The zero-order chi connectivity index (χ0) is 27.4. The molecule has 15 nitrogen and oxygen atoms in total. The largest absolute Gasteiger partial charge is 0.481 e. The molecule has 0 aromatic carbocycles. The van der Waals surface area contributed by atoms with Crippen LogP contribution in [0.3, 0.4) is 0 Å². The number of H-pyrrole nitrogens is 1. The van der Waals surface area contributed by atoms with E-state index in [9.17, 15) is 33.9 Å². The van der Waals surface area contributed by atoms with Gasteiger partial charge in [0.25, 0.3) is 0 Å². The molecule has 200 valence electrons. The van der Waals surface area contributed by atoms with Crippen molar-refractivity contribution in [1.29, 1.82) is 0 Å². The standard InChI is InChI=1S/C21H33N7O8/c1-3-10(2)17(28-18(32)12(22)7-15(23)29)20(34)27-14(6-11-8-24-9-25-11)19(33)26-13(21(35)36)4-5-16(30)31/h8-10,12-14,17H,3-7,22H2,1-2H3,(H2,23,29)(H,24,25)(H,26,33)(H,27,34)(H,28,32)(H,30,31)(H,35,36). The monoisotopic (exact) mass is 511 g/mol. The van der Waals surface area contributed by atoms with Gasteiger partial charge in [-0.05, 0) is 12.3 Å². The number of primary amides is 1. The van der Waals surface area contributed by atoms with E-state index >= 15 is 0 Å². The molecule has 0 radical (unpaired) electrons. The van der Waals surface area contributed by atoms with E-state index in [1.807, 2.05) is 0 Å². The number of hydrogen-bond donors (Lipinski definition) is 8. The Morgan fingerprint density at radius 1 is 1.03 bits per heavy atom. The van der Waals surface area contributed by atoms with E-state index in [4.69, 9.17) is 16.6 Å². The number of imidazole rings is 1. The predicted molar refractivity (Wildman–Crippen MR) is 124 cm³/mol. The van der Waals surface area contributed by atoms with Crippen molar-refractivity contribution in [2.75, 3.05) is 0 Å². The van der Waals surface area contributed by atoms with E-state index in [2.05, 4.69) is 25.9 Å². The zero-order valence-corrected chi connectivity index (χ0v) is 20.0. The van der Waals surface area contributed by atoms with Gasteiger partial charge in [-0.1, -0.05) is 20.3 Å². The minimum absolute atomic E-state index is 0.106. The molecule has 1 heterocycles. The van der Waals surface area contributed by atoms with Gasteiger partial charge in [-0.25, -0.2) is 9.78 Å². The van der Waals surface area contributed by atoms with E-state index < -0.39 is 78.5 Å². The summed E-state index contributed by atoms with van der Waals surface area (Å²) >= 11 is 0. The van der Waals surface area contributed by atoms with Gasteiger partial charge < -0.3 is 42.6 Å². The Bertz CT molecular complexity index is 937. The second kappa shape index (κ2) is 14.4. The molecule has 0 aliphatic carbocycles. The number of carbonyl (C=O) groups excluding carboxylic acids is 4. The predicted octanol–water partition coefficient (Wildman–Crippen LogP) is -2.40. The molecule has 1 rings (SSSR count). The summed E-state index contributed by atoms with van der Waals surface area (Å²) in [6.07, 6.45) is 1.80. The topological polar surface area (TPSA) is 260 Å². The fourth-order valence-corrected chi connectivity index (χ4v) is 3.16. The molecule has 0 aliphatic heterocycles. The van der Waals surface area contributed by atoms with Crippen molar-refractivity contribution in [3.8, 4) is 0 Å². The molecule has 0 saturated heterocycles. The molecule has 0 spiro atoms. The van der Waals surface area contributed by atoms with Crippen LogP contribution in [0.2, 0.25) is 0 Å². The maximum absolute atomic E-state index is 13.1. The second-order valence-electron chi connectivity index (χ2n) is 8.32. The summed E-state index contributed by atoms with van der Waals surface area (Å²) in [5.74, 6) is -6.30. The van der Waals surface area contributed by atoms with Crippen LogP contribution in [0.25, 0.3) is 0 Å². The van der Waals surface area contributed by atoms with Crippen LogP contribution in [-0.2, 0) is 35.2 Å². The molecular formula is C21H33N7O8. The normalized spacial score (nSPS) is 15.0. The number of nitrogens with one attached hydrogen (secondary N) is 4. The first-order valence-electron chi connectivity index (χ1n) is 11.2. The maximum Gasteiger partial charge on any atom is 0.326 e. The van der Waals surface area contributed by atoms with Crippen LogP contribution in [-0.4, -0.2) is 79.9 Å². The van der Waals surface area contributed by atoms with Crippen molar-refractivity contribution in [3.05, 3.63) is 18.2 Å². The first kappa shape index (κ1) is 30.0. The summed E-state index contributed by atoms with van der Waals surface area (Å²) in [7, 11) is 0. The quantitative estimate of drug-likeness (QED) is 0.117. The first-order valence-corrected chi connectivity index (χ1v) is 11.2. The highest BCUT2D eigenvalue weighted by molar-refractivity contribution is 5.95. The Balaban J connectivity index is 3.09. The summed E-state index contributed by atoms with van der Waals surface area (Å²) in [5.41, 5.74) is 11.2. The number of hydrogen-bond acceptors (Lipinski definition) is 8. The number of nitrogens with zero attached hydrogens (tertiary/aromatic N) is 1. The minimum Gasteiger partial charge on any atom is -0.481 e. The van der Waals surface area contributed by atoms with Crippen LogP contribution in [0.15, 0.2) is 12.5 Å². The minimum atomic E-state index is -1.51. The third-order valence-electron chi connectivity index (χ3n) is 5.42. The van der Waals surface area contributed by atoms with Crippen molar-refractivity contribution in [2.24, 2.45) is 17.4 Å². The van der Waals surface area contributed by atoms with Gasteiger partial charge in [0.1, 0.15) is 18.1 Å². The van der Waals surface area contributed by atoms with E-state index in [1.165, 1.54) is 12.5 Å². The van der Waals surface area contributed by atoms with Gasteiger partial charge in [0, 0.05) is 24.7 Å². The molecule has 10 N–H and O–H groups in total. The summed E-state index contributed by atoms with van der Waals surface area (Å²) in [5, 5.41) is 25.4. The molecule has 36 heavy (non-hydrogen) atoms. The van der Waals surface area contributed by atoms with Crippen LogP contribution >= 0.6 is 0 Å². The number of amides is 4. The lowest BCUT2D eigenvalue weighted by molar-refractivity contribution is -0.143. The van der Waals surface area contributed by atoms with E-state index in [0.717, 1.165) is 0 Å². The van der Waals surface area contributed by atoms with Crippen LogP contribution in [0.5, 0.6) is 0 Å². The van der Waals surface area contributed by atoms with Crippen molar-refractivity contribution < 1.29 is 39.0 Å². The van der Waals surface area contributed by atoms with Gasteiger partial charge >= 0.3 is 11.9 Å². The third-order valence-corrected chi connectivity index (χ3v) is 5.42. The van der Waals surface area contributed by atoms with Gasteiger partial charge in [-0.2, -0.15) is 0 Å². The number of aromatic nitrogens is 2. The fourth-order valence-electron chi connectivity index (χ4n) is 3.16. The van der Waals surface area contributed by atoms with Crippen molar-refractivity contribution in [3.63, 3.8) is 0 Å². The van der Waals surface area contributed by atoms with Crippen LogP contribution in [0.1, 0.15) is 45.2 Å². The lowest BCUT2D eigenvalue weighted by Crippen LogP contribution is -2.59. The summed E-state index contributed by atoms with van der Waals surface area (Å²) in [6, 6.07) is -5.23. The fraction of sp³-hybridized carbons (Fsp3) is 0.571. The van der Waals surface area contributed by atoms with E-state index in [-0.39, 0.29) is 12.8 Å². The highest BCUT2D eigenvalue weighted by atomic mass is 16.4. The van der Waals surface area contributed by atoms with Gasteiger partial charge in [0.2, 0.25) is 23.6 Å². The number of carboxylic acid groups (broad SMARTS) is 2. The SMILES string of the molecule is CCC(C)C(NC(=O)C(N)CC(N)=O)C(=O)NC(Cc1cnc[nH]1)C(=O)NC(CCC(=O)O)C(=O)O. The Kier molecular flexibility index (Phi) is 12.0. The number of carbonyl (C=O) groups is 6. The molecule has 15 heteroatoms. The zero-order valence-electron chi connectivity index (χ0n) is 20.0. The average Bonchev–Trinajstić information content (AvgIpc) is 3.31. The molecule has 1 aromatic heterocycles. The number of rotatable bonds is 16. The third kappa shape index (κ3) is 10.1. The summed E-state index contributed by atoms with van der Waals surface area (Å²) in [6.45, 7) is 3.45. The van der Waals surface area contributed by atoms with Gasteiger partial charge in [0.05, 0.1) is 18.8 Å². The molecule has 0 saturated carbocycles. The Hall–Kier alpha value is -4.01. The van der Waals surface area contributed by atoms with Crippen molar-refractivity contribution in [1.82, 2.24) is 25.9 Å². The molecule has 0 aliphatic rings. The number of nitrogens with two attached hydrogens (primary N) is 2. The summed E-state index contributed by atoms with van der Waals surface area (Å²) < 4.78 is 0. The number of aliphatic carboxylic acids is 2. The highest BCUT2D eigenvalue weighted by Gasteiger charge is 2.33. The molecule has 1 aromatic rings. The first-order chi connectivity index (χ1) is 16.8. The molecule has 5 unspecified atom stereocenters. The lowest BCUT2D eigenvalue weighted by Gasteiger charge is -2.27. The number of carboxylic acids is 2. The van der Waals surface area contributed by atoms with Crippen LogP contribution in [0, 0.1) is 5.92 Å². The summed E-state index contributed by atoms with van der Waals surface area (Å²) in [4.78, 5) is 78.5. The molecule has 4 amide bonds. The molecular weight excluding hydrogens is 478 g/mol. The molecule has 5 atom stereocenters. The Morgan fingerprint density at radius 3 is 2.17 bits per heavy atom. The Morgan fingerprint density at radius 2 is 1.67 bits per heavy atom.